The maximum Gasteiger partial charge on any atom is 0.253 e. The summed E-state index contributed by atoms with van der Waals surface area (Å²) in [6.45, 7) is 6.98. The van der Waals surface area contributed by atoms with Crippen molar-refractivity contribution in [2.75, 3.05) is 24.1 Å². The molecule has 0 aliphatic rings. The zero-order valence-corrected chi connectivity index (χ0v) is 13.1. The first-order valence-corrected chi connectivity index (χ1v) is 7.63. The third-order valence-electron chi connectivity index (χ3n) is 3.72. The standard InChI is InChI=1S/C16H27N3O2/c1-4-11(5-2)15(20)10-19-14-9-12(17)7-8-13(14)16(21)18-6-3/h7-9,11,15,19-20H,4-6,10,17H2,1-3H3,(H,18,21). The van der Waals surface area contributed by atoms with Crippen LogP contribution in [0.3, 0.4) is 0 Å². The van der Waals surface area contributed by atoms with E-state index < -0.39 is 6.10 Å². The van der Waals surface area contributed by atoms with Crippen molar-refractivity contribution >= 4 is 17.3 Å². The third kappa shape index (κ3) is 4.93. The number of carbonyl (C=O) groups is 1. The van der Waals surface area contributed by atoms with Crippen LogP contribution < -0.4 is 16.4 Å². The molecular formula is C16H27N3O2. The van der Waals surface area contributed by atoms with E-state index in [1.54, 1.807) is 18.2 Å². The van der Waals surface area contributed by atoms with Gasteiger partial charge in [0.1, 0.15) is 0 Å². The normalized spacial score (nSPS) is 12.2. The Labute approximate surface area is 126 Å². The number of nitrogens with one attached hydrogen (secondary N) is 2. The zero-order valence-electron chi connectivity index (χ0n) is 13.1. The molecular weight excluding hydrogens is 266 g/mol. The van der Waals surface area contributed by atoms with Crippen LogP contribution in [-0.2, 0) is 0 Å². The predicted molar refractivity (Wildman–Crippen MR) is 87.4 cm³/mol. The number of aliphatic hydroxyl groups excluding tert-OH is 1. The number of anilines is 2. The molecule has 1 unspecified atom stereocenters. The van der Waals surface area contributed by atoms with Crippen molar-refractivity contribution in [1.82, 2.24) is 5.32 Å². The Balaban J connectivity index is 2.81. The van der Waals surface area contributed by atoms with Crippen LogP contribution in [0.15, 0.2) is 18.2 Å². The molecule has 5 nitrogen and oxygen atoms in total. The van der Waals surface area contributed by atoms with Gasteiger partial charge in [-0.2, -0.15) is 0 Å². The molecule has 0 bridgehead atoms. The van der Waals surface area contributed by atoms with E-state index in [0.717, 1.165) is 12.8 Å². The Morgan fingerprint density at radius 2 is 1.95 bits per heavy atom. The molecule has 0 spiro atoms. The minimum absolute atomic E-state index is 0.142. The predicted octanol–water partition coefficient (Wildman–Crippen LogP) is 2.23. The zero-order chi connectivity index (χ0) is 15.8. The van der Waals surface area contributed by atoms with E-state index in [0.29, 0.717) is 30.0 Å². The van der Waals surface area contributed by atoms with Crippen LogP contribution in [0.2, 0.25) is 0 Å². The van der Waals surface area contributed by atoms with Gasteiger partial charge in [-0.3, -0.25) is 4.79 Å². The fourth-order valence-corrected chi connectivity index (χ4v) is 2.38. The van der Waals surface area contributed by atoms with Gasteiger partial charge in [0.15, 0.2) is 0 Å². The molecule has 0 aliphatic heterocycles. The Bertz CT molecular complexity index is 459. The largest absolute Gasteiger partial charge is 0.399 e. The second-order valence-corrected chi connectivity index (χ2v) is 5.19. The van der Waals surface area contributed by atoms with Gasteiger partial charge in [-0.1, -0.05) is 26.7 Å². The summed E-state index contributed by atoms with van der Waals surface area (Å²) >= 11 is 0. The van der Waals surface area contributed by atoms with Crippen molar-refractivity contribution < 1.29 is 9.90 Å². The van der Waals surface area contributed by atoms with Gasteiger partial charge in [-0.05, 0) is 31.0 Å². The van der Waals surface area contributed by atoms with Crippen molar-refractivity contribution in [1.29, 1.82) is 0 Å². The van der Waals surface area contributed by atoms with Crippen molar-refractivity contribution in [2.24, 2.45) is 5.92 Å². The van der Waals surface area contributed by atoms with Crippen molar-refractivity contribution in [3.8, 4) is 0 Å². The number of carbonyl (C=O) groups excluding carboxylic acids is 1. The van der Waals surface area contributed by atoms with E-state index in [4.69, 9.17) is 5.73 Å². The highest BCUT2D eigenvalue weighted by Gasteiger charge is 2.17. The molecule has 0 saturated carbocycles. The first-order chi connectivity index (χ1) is 10.0. The van der Waals surface area contributed by atoms with Gasteiger partial charge in [0.05, 0.1) is 11.7 Å². The van der Waals surface area contributed by atoms with Crippen molar-refractivity contribution in [2.45, 2.75) is 39.7 Å². The Kier molecular flexibility index (Phi) is 7.02. The highest BCUT2D eigenvalue weighted by molar-refractivity contribution is 6.00. The molecule has 0 heterocycles. The lowest BCUT2D eigenvalue weighted by Gasteiger charge is -2.22. The number of amides is 1. The summed E-state index contributed by atoms with van der Waals surface area (Å²) in [4.78, 5) is 12.0. The second kappa shape index (κ2) is 8.52. The molecule has 1 aromatic carbocycles. The molecule has 1 rings (SSSR count). The van der Waals surface area contributed by atoms with Crippen LogP contribution in [0.5, 0.6) is 0 Å². The number of hydrogen-bond acceptors (Lipinski definition) is 4. The quantitative estimate of drug-likeness (QED) is 0.554. The molecule has 1 aromatic rings. The summed E-state index contributed by atoms with van der Waals surface area (Å²) in [7, 11) is 0. The minimum Gasteiger partial charge on any atom is -0.399 e. The fourth-order valence-electron chi connectivity index (χ4n) is 2.38. The number of aliphatic hydroxyl groups is 1. The van der Waals surface area contributed by atoms with Gasteiger partial charge >= 0.3 is 0 Å². The van der Waals surface area contributed by atoms with Crippen LogP contribution in [-0.4, -0.2) is 30.2 Å². The Hall–Kier alpha value is -1.75. The van der Waals surface area contributed by atoms with Gasteiger partial charge in [0, 0.05) is 24.5 Å². The highest BCUT2D eigenvalue weighted by Crippen LogP contribution is 2.21. The summed E-state index contributed by atoms with van der Waals surface area (Å²) < 4.78 is 0. The fraction of sp³-hybridized carbons (Fsp3) is 0.562. The summed E-state index contributed by atoms with van der Waals surface area (Å²) in [5, 5.41) is 16.1. The van der Waals surface area contributed by atoms with E-state index >= 15 is 0 Å². The van der Waals surface area contributed by atoms with Crippen LogP contribution in [0.25, 0.3) is 0 Å². The van der Waals surface area contributed by atoms with Crippen LogP contribution in [0.4, 0.5) is 11.4 Å². The van der Waals surface area contributed by atoms with Crippen molar-refractivity contribution in [3.63, 3.8) is 0 Å². The number of benzene rings is 1. The lowest BCUT2D eigenvalue weighted by atomic mass is 9.96. The van der Waals surface area contributed by atoms with Gasteiger partial charge < -0.3 is 21.5 Å². The maximum absolute atomic E-state index is 12.0. The lowest BCUT2D eigenvalue weighted by Crippen LogP contribution is -2.29. The topological polar surface area (TPSA) is 87.4 Å². The average molecular weight is 293 g/mol. The first kappa shape index (κ1) is 17.3. The van der Waals surface area contributed by atoms with Gasteiger partial charge in [-0.15, -0.1) is 0 Å². The van der Waals surface area contributed by atoms with Gasteiger partial charge in [0.25, 0.3) is 5.91 Å². The third-order valence-corrected chi connectivity index (χ3v) is 3.72. The van der Waals surface area contributed by atoms with Crippen molar-refractivity contribution in [3.05, 3.63) is 23.8 Å². The van der Waals surface area contributed by atoms with E-state index in [1.807, 2.05) is 6.92 Å². The molecule has 21 heavy (non-hydrogen) atoms. The van der Waals surface area contributed by atoms with Gasteiger partial charge in [0.2, 0.25) is 0 Å². The highest BCUT2D eigenvalue weighted by atomic mass is 16.3. The Morgan fingerprint density at radius 3 is 2.52 bits per heavy atom. The lowest BCUT2D eigenvalue weighted by molar-refractivity contribution is 0.0955. The average Bonchev–Trinajstić information content (AvgIpc) is 2.46. The summed E-state index contributed by atoms with van der Waals surface area (Å²) in [6.07, 6.45) is 1.42. The number of rotatable bonds is 8. The molecule has 5 N–H and O–H groups in total. The summed E-state index contributed by atoms with van der Waals surface area (Å²) in [5.41, 5.74) is 7.57. The summed E-state index contributed by atoms with van der Waals surface area (Å²) in [5.74, 6) is 0.114. The minimum atomic E-state index is -0.441. The molecule has 0 aliphatic carbocycles. The monoisotopic (exact) mass is 293 g/mol. The molecule has 0 fully saturated rings. The van der Waals surface area contributed by atoms with Crippen LogP contribution in [0.1, 0.15) is 44.0 Å². The maximum atomic E-state index is 12.0. The molecule has 0 aromatic heterocycles. The molecule has 1 atom stereocenters. The first-order valence-electron chi connectivity index (χ1n) is 7.63. The molecule has 1 amide bonds. The molecule has 0 radical (unpaired) electrons. The number of nitrogens with two attached hydrogens (primary N) is 1. The summed E-state index contributed by atoms with van der Waals surface area (Å²) in [6, 6.07) is 5.13. The molecule has 0 saturated heterocycles. The second-order valence-electron chi connectivity index (χ2n) is 5.19. The van der Waals surface area contributed by atoms with E-state index in [-0.39, 0.29) is 11.8 Å². The van der Waals surface area contributed by atoms with E-state index in [2.05, 4.69) is 24.5 Å². The SMILES string of the molecule is CCNC(=O)c1ccc(N)cc1NCC(O)C(CC)CC. The number of nitrogen functional groups attached to an aromatic ring is 1. The van der Waals surface area contributed by atoms with Crippen LogP contribution in [0, 0.1) is 5.92 Å². The molecule has 5 heteroatoms. The van der Waals surface area contributed by atoms with E-state index in [9.17, 15) is 9.90 Å². The smallest absolute Gasteiger partial charge is 0.253 e. The Morgan fingerprint density at radius 1 is 1.29 bits per heavy atom. The number of hydrogen-bond donors (Lipinski definition) is 4. The molecule has 118 valence electrons. The van der Waals surface area contributed by atoms with E-state index in [1.165, 1.54) is 0 Å². The van der Waals surface area contributed by atoms with Crippen LogP contribution >= 0.6 is 0 Å². The van der Waals surface area contributed by atoms with Gasteiger partial charge in [-0.25, -0.2) is 0 Å².